The second kappa shape index (κ2) is 6.97. The minimum atomic E-state index is -0.0487. The van der Waals surface area contributed by atoms with E-state index in [1.54, 1.807) is 5.57 Å². The van der Waals surface area contributed by atoms with Crippen LogP contribution in [0.25, 0.3) is 0 Å². The Bertz CT molecular complexity index is 709. The molecule has 4 heteroatoms. The monoisotopic (exact) mass is 386 g/mol. The molecule has 156 valence electrons. The van der Waals surface area contributed by atoms with Crippen LogP contribution in [0.5, 0.6) is 0 Å². The van der Waals surface area contributed by atoms with Crippen LogP contribution in [0.15, 0.2) is 16.8 Å². The highest BCUT2D eigenvalue weighted by molar-refractivity contribution is 5.93. The average Bonchev–Trinajstić information content (AvgIpc) is 2.95. The van der Waals surface area contributed by atoms with Gasteiger partial charge in [-0.05, 0) is 74.7 Å². The molecule has 0 aromatic heterocycles. The molecule has 0 heterocycles. The number of fused-ring (bicyclic) bond motifs is 5. The summed E-state index contributed by atoms with van der Waals surface area (Å²) in [5, 5.41) is 4.55. The van der Waals surface area contributed by atoms with Crippen LogP contribution in [0.3, 0.4) is 0 Å². The molecule has 0 amide bonds. The maximum atomic E-state index is 12.6. The standard InChI is InChI=1S/C24H38N2O2/c1-22(2)19-8-6-16-17-7-9-21(27)24(17,4)12-10-18(16)23(19,3)13-11-20(22)26-28-15-5-14-25/h8,16-18H,5-7,9-15,25H2,1-4H3/b26-20+/t16-,17-,18-,23+,24-/m0/s1. The largest absolute Gasteiger partial charge is 0.396 e. The van der Waals surface area contributed by atoms with Crippen molar-refractivity contribution in [1.82, 2.24) is 0 Å². The van der Waals surface area contributed by atoms with Gasteiger partial charge in [0, 0.05) is 17.3 Å². The van der Waals surface area contributed by atoms with Gasteiger partial charge >= 0.3 is 0 Å². The Balaban J connectivity index is 1.61. The van der Waals surface area contributed by atoms with Gasteiger partial charge in [0.1, 0.15) is 12.4 Å². The predicted molar refractivity (Wildman–Crippen MR) is 113 cm³/mol. The van der Waals surface area contributed by atoms with E-state index in [1.807, 2.05) is 0 Å². The summed E-state index contributed by atoms with van der Waals surface area (Å²) in [4.78, 5) is 18.2. The molecule has 5 atom stereocenters. The Morgan fingerprint density at radius 2 is 1.86 bits per heavy atom. The molecule has 4 rings (SSSR count). The van der Waals surface area contributed by atoms with Crippen LogP contribution in [-0.4, -0.2) is 24.6 Å². The summed E-state index contributed by atoms with van der Waals surface area (Å²) in [6.07, 6.45) is 10.9. The zero-order valence-corrected chi connectivity index (χ0v) is 18.2. The predicted octanol–water partition coefficient (Wildman–Crippen LogP) is 4.88. The molecule has 3 fully saturated rings. The molecule has 0 saturated heterocycles. The molecule has 0 unspecified atom stereocenters. The van der Waals surface area contributed by atoms with Gasteiger partial charge in [-0.2, -0.15) is 0 Å². The molecule has 0 aromatic carbocycles. The third-order valence-corrected chi connectivity index (χ3v) is 9.06. The molecule has 4 aliphatic carbocycles. The van der Waals surface area contributed by atoms with Crippen molar-refractivity contribution in [3.63, 3.8) is 0 Å². The lowest BCUT2D eigenvalue weighted by Gasteiger charge is -2.59. The first-order valence-corrected chi connectivity index (χ1v) is 11.4. The van der Waals surface area contributed by atoms with Crippen molar-refractivity contribution in [2.75, 3.05) is 13.2 Å². The van der Waals surface area contributed by atoms with Crippen molar-refractivity contribution >= 4 is 11.5 Å². The number of Topliss-reactive ketones (excluding diaryl/α,β-unsaturated/α-hetero) is 1. The first kappa shape index (κ1) is 20.1. The molecule has 2 N–H and O–H groups in total. The van der Waals surface area contributed by atoms with Crippen LogP contribution in [0.2, 0.25) is 0 Å². The van der Waals surface area contributed by atoms with E-state index in [2.05, 4.69) is 38.9 Å². The van der Waals surface area contributed by atoms with Gasteiger partial charge in [-0.1, -0.05) is 44.5 Å². The first-order valence-electron chi connectivity index (χ1n) is 11.4. The fourth-order valence-corrected chi connectivity index (χ4v) is 7.43. The topological polar surface area (TPSA) is 64.7 Å². The van der Waals surface area contributed by atoms with E-state index in [0.29, 0.717) is 36.7 Å². The van der Waals surface area contributed by atoms with Crippen molar-refractivity contribution in [2.24, 2.45) is 44.9 Å². The second-order valence-electron chi connectivity index (χ2n) is 10.7. The van der Waals surface area contributed by atoms with Gasteiger partial charge in [-0.25, -0.2) is 0 Å². The molecule has 4 aliphatic rings. The molecule has 4 nitrogen and oxygen atoms in total. The van der Waals surface area contributed by atoms with Crippen molar-refractivity contribution < 1.29 is 9.63 Å². The molecule has 0 bridgehead atoms. The third-order valence-electron chi connectivity index (χ3n) is 9.06. The van der Waals surface area contributed by atoms with Crippen LogP contribution < -0.4 is 5.73 Å². The number of carbonyl (C=O) groups is 1. The summed E-state index contributed by atoms with van der Waals surface area (Å²) >= 11 is 0. The smallest absolute Gasteiger partial charge is 0.139 e. The van der Waals surface area contributed by atoms with Crippen molar-refractivity contribution in [3.8, 4) is 0 Å². The van der Waals surface area contributed by atoms with Gasteiger partial charge in [0.2, 0.25) is 0 Å². The van der Waals surface area contributed by atoms with Gasteiger partial charge in [0.05, 0.1) is 5.71 Å². The van der Waals surface area contributed by atoms with Gasteiger partial charge in [-0.3, -0.25) is 4.79 Å². The molecular formula is C24H38N2O2. The zero-order chi connectivity index (χ0) is 20.2. The summed E-state index contributed by atoms with van der Waals surface area (Å²) < 4.78 is 0. The van der Waals surface area contributed by atoms with E-state index in [0.717, 1.165) is 44.9 Å². The van der Waals surface area contributed by atoms with Crippen LogP contribution in [-0.2, 0) is 9.63 Å². The quantitative estimate of drug-likeness (QED) is 0.426. The van der Waals surface area contributed by atoms with Crippen LogP contribution in [0, 0.1) is 34.0 Å². The number of rotatable bonds is 4. The Morgan fingerprint density at radius 1 is 1.11 bits per heavy atom. The van der Waals surface area contributed by atoms with Crippen LogP contribution >= 0.6 is 0 Å². The average molecular weight is 387 g/mol. The van der Waals surface area contributed by atoms with Gasteiger partial charge < -0.3 is 10.6 Å². The Hall–Kier alpha value is -1.16. The molecule has 0 aromatic rings. The van der Waals surface area contributed by atoms with E-state index in [-0.39, 0.29) is 16.2 Å². The number of nitrogens with two attached hydrogens (primary N) is 1. The van der Waals surface area contributed by atoms with Crippen LogP contribution in [0.4, 0.5) is 0 Å². The number of allylic oxidation sites excluding steroid dienone is 2. The number of nitrogens with zero attached hydrogens (tertiary/aromatic N) is 1. The minimum Gasteiger partial charge on any atom is -0.396 e. The highest BCUT2D eigenvalue weighted by Gasteiger charge is 2.60. The molecule has 28 heavy (non-hydrogen) atoms. The molecule has 0 radical (unpaired) electrons. The van der Waals surface area contributed by atoms with E-state index < -0.39 is 0 Å². The highest BCUT2D eigenvalue weighted by atomic mass is 16.6. The number of ketones is 1. The summed E-state index contributed by atoms with van der Waals surface area (Å²) in [6, 6.07) is 0. The van der Waals surface area contributed by atoms with Crippen molar-refractivity contribution in [2.45, 2.75) is 79.1 Å². The third kappa shape index (κ3) is 2.81. The number of hydrogen-bond donors (Lipinski definition) is 1. The van der Waals surface area contributed by atoms with E-state index >= 15 is 0 Å². The highest BCUT2D eigenvalue weighted by Crippen LogP contribution is 2.66. The fraction of sp³-hybridized carbons (Fsp3) is 0.833. The Kier molecular flexibility index (Phi) is 5.01. The minimum absolute atomic E-state index is 0.0451. The zero-order valence-electron chi connectivity index (χ0n) is 18.2. The van der Waals surface area contributed by atoms with Crippen LogP contribution in [0.1, 0.15) is 79.1 Å². The lowest BCUT2D eigenvalue weighted by Crippen LogP contribution is -2.53. The van der Waals surface area contributed by atoms with E-state index in [4.69, 9.17) is 10.6 Å². The number of carbonyl (C=O) groups excluding carboxylic acids is 1. The lowest BCUT2D eigenvalue weighted by atomic mass is 9.45. The Morgan fingerprint density at radius 3 is 2.61 bits per heavy atom. The SMILES string of the molecule is CC1(C)C2=CC[C@@H]3[C@H](CC[C@]4(C)C(=O)CC[C@@H]34)[C@@]2(C)CC/C1=N\OCCCN. The molecule has 0 spiro atoms. The molecule has 0 aliphatic heterocycles. The van der Waals surface area contributed by atoms with E-state index in [1.165, 1.54) is 12.1 Å². The molecule has 3 saturated carbocycles. The number of hydrogen-bond acceptors (Lipinski definition) is 4. The fourth-order valence-electron chi connectivity index (χ4n) is 7.43. The van der Waals surface area contributed by atoms with E-state index in [9.17, 15) is 4.79 Å². The Labute approximate surface area is 170 Å². The molecular weight excluding hydrogens is 348 g/mol. The number of oxime groups is 1. The normalized spacial score (nSPS) is 43.2. The summed E-state index contributed by atoms with van der Waals surface area (Å²) in [6.45, 7) is 10.7. The summed E-state index contributed by atoms with van der Waals surface area (Å²) in [5.74, 6) is 2.50. The first-order chi connectivity index (χ1) is 13.2. The summed E-state index contributed by atoms with van der Waals surface area (Å²) in [7, 11) is 0. The lowest BCUT2D eigenvalue weighted by molar-refractivity contribution is -0.131. The van der Waals surface area contributed by atoms with Gasteiger partial charge in [-0.15, -0.1) is 0 Å². The van der Waals surface area contributed by atoms with Crippen molar-refractivity contribution in [1.29, 1.82) is 0 Å². The second-order valence-corrected chi connectivity index (χ2v) is 10.7. The maximum Gasteiger partial charge on any atom is 0.139 e. The van der Waals surface area contributed by atoms with Gasteiger partial charge in [0.25, 0.3) is 0 Å². The maximum absolute atomic E-state index is 12.6. The van der Waals surface area contributed by atoms with Crippen molar-refractivity contribution in [3.05, 3.63) is 11.6 Å². The summed E-state index contributed by atoms with van der Waals surface area (Å²) in [5.41, 5.74) is 8.46. The van der Waals surface area contributed by atoms with Gasteiger partial charge in [0.15, 0.2) is 0 Å².